The van der Waals surface area contributed by atoms with E-state index in [9.17, 15) is 0 Å². The van der Waals surface area contributed by atoms with E-state index < -0.39 is 0 Å². The first-order valence-electron chi connectivity index (χ1n) is 3.64. The Morgan fingerprint density at radius 3 is 2.60 bits per heavy atom. The van der Waals surface area contributed by atoms with Crippen LogP contribution in [0.4, 0.5) is 0 Å². The van der Waals surface area contributed by atoms with Crippen molar-refractivity contribution in [1.82, 2.24) is 0 Å². The Balaban J connectivity index is 3.06. The number of rotatable bonds is 5. The molecule has 0 fully saturated rings. The SMILES string of the molecule is N#CCCCC(N)CCN. The quantitative estimate of drug-likeness (QED) is 0.542. The predicted molar refractivity (Wildman–Crippen MR) is 41.1 cm³/mol. The Bertz CT molecular complexity index is 106. The molecule has 0 saturated carbocycles. The fourth-order valence-corrected chi connectivity index (χ4v) is 0.802. The van der Waals surface area contributed by atoms with Crippen LogP contribution in [0.15, 0.2) is 0 Å². The molecular formula is C7H15N3. The molecule has 0 heterocycles. The van der Waals surface area contributed by atoms with Crippen molar-refractivity contribution in [2.45, 2.75) is 31.7 Å². The second-order valence-corrected chi connectivity index (χ2v) is 2.39. The Hall–Kier alpha value is -0.590. The van der Waals surface area contributed by atoms with Crippen LogP contribution in [0.2, 0.25) is 0 Å². The molecule has 0 aromatic heterocycles. The van der Waals surface area contributed by atoms with Gasteiger partial charge in [-0.05, 0) is 25.8 Å². The molecule has 0 rings (SSSR count). The Morgan fingerprint density at radius 1 is 1.40 bits per heavy atom. The average molecular weight is 141 g/mol. The van der Waals surface area contributed by atoms with Gasteiger partial charge >= 0.3 is 0 Å². The van der Waals surface area contributed by atoms with E-state index in [-0.39, 0.29) is 6.04 Å². The van der Waals surface area contributed by atoms with E-state index in [1.54, 1.807) is 0 Å². The summed E-state index contributed by atoms with van der Waals surface area (Å²) in [4.78, 5) is 0. The van der Waals surface area contributed by atoms with Crippen molar-refractivity contribution in [3.05, 3.63) is 0 Å². The topological polar surface area (TPSA) is 75.8 Å². The molecule has 3 heteroatoms. The third kappa shape index (κ3) is 5.54. The second kappa shape index (κ2) is 6.53. The summed E-state index contributed by atoms with van der Waals surface area (Å²) in [5, 5.41) is 8.19. The van der Waals surface area contributed by atoms with Crippen LogP contribution in [-0.2, 0) is 0 Å². The van der Waals surface area contributed by atoms with Crippen molar-refractivity contribution in [2.24, 2.45) is 11.5 Å². The lowest BCUT2D eigenvalue weighted by atomic mass is 10.1. The molecule has 0 aliphatic rings. The van der Waals surface area contributed by atoms with E-state index in [0.717, 1.165) is 19.3 Å². The summed E-state index contributed by atoms with van der Waals surface area (Å²) in [6.07, 6.45) is 3.30. The minimum atomic E-state index is 0.193. The summed E-state index contributed by atoms with van der Waals surface area (Å²) in [5.74, 6) is 0. The van der Waals surface area contributed by atoms with Gasteiger partial charge in [-0.3, -0.25) is 0 Å². The molecule has 1 atom stereocenters. The standard InChI is InChI=1S/C7H15N3/c8-5-2-1-3-7(10)4-6-9/h7H,1-4,6,9-10H2. The van der Waals surface area contributed by atoms with Gasteiger partial charge in [0, 0.05) is 12.5 Å². The van der Waals surface area contributed by atoms with E-state index in [2.05, 4.69) is 6.07 Å². The fourth-order valence-electron chi connectivity index (χ4n) is 0.802. The first-order valence-corrected chi connectivity index (χ1v) is 3.64. The van der Waals surface area contributed by atoms with E-state index in [0.29, 0.717) is 13.0 Å². The Morgan fingerprint density at radius 2 is 2.10 bits per heavy atom. The minimum absolute atomic E-state index is 0.193. The maximum absolute atomic E-state index is 8.19. The van der Waals surface area contributed by atoms with E-state index in [4.69, 9.17) is 16.7 Å². The number of nitriles is 1. The molecule has 0 saturated heterocycles. The predicted octanol–water partition coefficient (Wildman–Crippen LogP) is 0.356. The highest BCUT2D eigenvalue weighted by Crippen LogP contribution is 1.99. The molecule has 0 radical (unpaired) electrons. The van der Waals surface area contributed by atoms with Gasteiger partial charge in [-0.25, -0.2) is 0 Å². The summed E-state index contributed by atoms with van der Waals surface area (Å²) in [7, 11) is 0. The smallest absolute Gasteiger partial charge is 0.0621 e. The van der Waals surface area contributed by atoms with Crippen LogP contribution >= 0.6 is 0 Å². The van der Waals surface area contributed by atoms with Crippen molar-refractivity contribution in [3.63, 3.8) is 0 Å². The average Bonchev–Trinajstić information content (AvgIpc) is 1.89. The van der Waals surface area contributed by atoms with Crippen LogP contribution in [0.25, 0.3) is 0 Å². The molecule has 4 N–H and O–H groups in total. The molecule has 0 spiro atoms. The zero-order valence-corrected chi connectivity index (χ0v) is 6.21. The van der Waals surface area contributed by atoms with E-state index >= 15 is 0 Å². The lowest BCUT2D eigenvalue weighted by molar-refractivity contribution is 0.556. The Kier molecular flexibility index (Phi) is 6.14. The molecule has 10 heavy (non-hydrogen) atoms. The number of hydrogen-bond acceptors (Lipinski definition) is 3. The summed E-state index contributed by atoms with van der Waals surface area (Å²) in [6.45, 7) is 0.647. The molecule has 0 amide bonds. The molecule has 0 bridgehead atoms. The number of nitrogens with zero attached hydrogens (tertiary/aromatic N) is 1. The lowest BCUT2D eigenvalue weighted by Gasteiger charge is -2.06. The zero-order valence-electron chi connectivity index (χ0n) is 6.21. The van der Waals surface area contributed by atoms with Crippen LogP contribution in [0, 0.1) is 11.3 Å². The fraction of sp³-hybridized carbons (Fsp3) is 0.857. The van der Waals surface area contributed by atoms with Crippen molar-refractivity contribution in [2.75, 3.05) is 6.54 Å². The first kappa shape index (κ1) is 9.41. The number of unbranched alkanes of at least 4 members (excludes halogenated alkanes) is 1. The van der Waals surface area contributed by atoms with Crippen LogP contribution in [0.1, 0.15) is 25.7 Å². The lowest BCUT2D eigenvalue weighted by Crippen LogP contribution is -2.23. The monoisotopic (exact) mass is 141 g/mol. The van der Waals surface area contributed by atoms with Crippen LogP contribution in [0.5, 0.6) is 0 Å². The third-order valence-corrected chi connectivity index (χ3v) is 1.40. The first-order chi connectivity index (χ1) is 4.81. The molecular weight excluding hydrogens is 126 g/mol. The largest absolute Gasteiger partial charge is 0.330 e. The highest BCUT2D eigenvalue weighted by molar-refractivity contribution is 4.71. The summed E-state index contributed by atoms with van der Waals surface area (Å²) in [5.41, 5.74) is 10.9. The normalized spacial score (nSPS) is 12.5. The molecule has 0 aromatic carbocycles. The molecule has 0 aromatic rings. The van der Waals surface area contributed by atoms with Gasteiger partial charge in [0.1, 0.15) is 0 Å². The molecule has 58 valence electrons. The highest BCUT2D eigenvalue weighted by atomic mass is 14.6. The van der Waals surface area contributed by atoms with Gasteiger partial charge in [0.2, 0.25) is 0 Å². The van der Waals surface area contributed by atoms with Crippen molar-refractivity contribution < 1.29 is 0 Å². The van der Waals surface area contributed by atoms with E-state index in [1.807, 2.05) is 0 Å². The summed E-state index contributed by atoms with van der Waals surface area (Å²) < 4.78 is 0. The van der Waals surface area contributed by atoms with Crippen molar-refractivity contribution in [3.8, 4) is 6.07 Å². The number of hydrogen-bond donors (Lipinski definition) is 2. The van der Waals surface area contributed by atoms with Gasteiger partial charge in [-0.2, -0.15) is 5.26 Å². The molecule has 0 aliphatic carbocycles. The summed E-state index contributed by atoms with van der Waals surface area (Å²) in [6, 6.07) is 2.27. The Labute approximate surface area is 62.0 Å². The van der Waals surface area contributed by atoms with Crippen LogP contribution < -0.4 is 11.5 Å². The molecule has 1 unspecified atom stereocenters. The minimum Gasteiger partial charge on any atom is -0.330 e. The maximum atomic E-state index is 8.19. The van der Waals surface area contributed by atoms with Gasteiger partial charge in [-0.1, -0.05) is 0 Å². The maximum Gasteiger partial charge on any atom is 0.0621 e. The van der Waals surface area contributed by atoms with Crippen LogP contribution in [-0.4, -0.2) is 12.6 Å². The third-order valence-electron chi connectivity index (χ3n) is 1.40. The highest BCUT2D eigenvalue weighted by Gasteiger charge is 1.98. The van der Waals surface area contributed by atoms with Gasteiger partial charge in [-0.15, -0.1) is 0 Å². The summed E-state index contributed by atoms with van der Waals surface area (Å²) >= 11 is 0. The van der Waals surface area contributed by atoms with Crippen molar-refractivity contribution >= 4 is 0 Å². The molecule has 3 nitrogen and oxygen atoms in total. The zero-order chi connectivity index (χ0) is 7.82. The van der Waals surface area contributed by atoms with Gasteiger partial charge in [0.15, 0.2) is 0 Å². The van der Waals surface area contributed by atoms with Crippen molar-refractivity contribution in [1.29, 1.82) is 5.26 Å². The van der Waals surface area contributed by atoms with Gasteiger partial charge in [0.25, 0.3) is 0 Å². The van der Waals surface area contributed by atoms with Crippen LogP contribution in [0.3, 0.4) is 0 Å². The van der Waals surface area contributed by atoms with Gasteiger partial charge in [0.05, 0.1) is 6.07 Å². The van der Waals surface area contributed by atoms with Gasteiger partial charge < -0.3 is 11.5 Å². The molecule has 0 aliphatic heterocycles. The second-order valence-electron chi connectivity index (χ2n) is 2.39. The number of nitrogens with two attached hydrogens (primary N) is 2. The van der Waals surface area contributed by atoms with E-state index in [1.165, 1.54) is 0 Å².